The van der Waals surface area contributed by atoms with E-state index in [9.17, 15) is 0 Å². The number of halogens is 1. The van der Waals surface area contributed by atoms with Gasteiger partial charge in [-0.25, -0.2) is 0 Å². The fourth-order valence-electron chi connectivity index (χ4n) is 1.99. The van der Waals surface area contributed by atoms with E-state index in [0.29, 0.717) is 0 Å². The summed E-state index contributed by atoms with van der Waals surface area (Å²) in [6.45, 7) is 9.68. The molecule has 1 rings (SSSR count). The van der Waals surface area contributed by atoms with Gasteiger partial charge in [0.25, 0.3) is 0 Å². The van der Waals surface area contributed by atoms with Crippen molar-refractivity contribution in [2.45, 2.75) is 68.2 Å². The van der Waals surface area contributed by atoms with Gasteiger partial charge in [-0.05, 0) is 12.8 Å². The zero-order valence-corrected chi connectivity index (χ0v) is 25.1. The van der Waals surface area contributed by atoms with Crippen LogP contribution in [0.1, 0.15) is 41.0 Å². The van der Waals surface area contributed by atoms with Crippen LogP contribution in [0.3, 0.4) is 0 Å². The van der Waals surface area contributed by atoms with Crippen molar-refractivity contribution in [3.05, 3.63) is 0 Å². The van der Waals surface area contributed by atoms with Gasteiger partial charge in [-0.1, -0.05) is 0 Å². The molecule has 0 aliphatic carbocycles. The molecule has 1 aliphatic heterocycles. The molecule has 1 saturated heterocycles. The first-order chi connectivity index (χ1) is 11.3. The van der Waals surface area contributed by atoms with Crippen LogP contribution in [0.25, 0.3) is 0 Å². The second-order valence-electron chi connectivity index (χ2n) is 7.07. The molecule has 26 heavy (non-hydrogen) atoms. The van der Waals surface area contributed by atoms with E-state index in [1.165, 1.54) is 28.1 Å². The molecule has 1 heterocycles. The number of hydrogen-bond donors (Lipinski definition) is 0. The van der Waals surface area contributed by atoms with Crippen LogP contribution >= 0.6 is 8.92 Å². The molecular weight excluding hydrogens is 571 g/mol. The summed E-state index contributed by atoms with van der Waals surface area (Å²) in [5.41, 5.74) is 0. The molecule has 0 bridgehead atoms. The summed E-state index contributed by atoms with van der Waals surface area (Å²) in [6, 6.07) is 0. The van der Waals surface area contributed by atoms with Crippen molar-refractivity contribution in [2.75, 3.05) is 39.6 Å². The molecular formula is C18H47AlClLiO3Sn2. The van der Waals surface area contributed by atoms with Gasteiger partial charge in [0.15, 0.2) is 17.4 Å². The van der Waals surface area contributed by atoms with Crippen LogP contribution in [0, 0.1) is 0 Å². The Morgan fingerprint density at radius 1 is 1.00 bits per heavy atom. The molecule has 0 amide bonds. The topological polar surface area (TPSA) is 27.7 Å². The van der Waals surface area contributed by atoms with Crippen LogP contribution in [-0.2, 0) is 14.2 Å². The normalized spacial score (nSPS) is 12.9. The summed E-state index contributed by atoms with van der Waals surface area (Å²) in [7, 11) is 6.17. The molecule has 0 spiro atoms. The van der Waals surface area contributed by atoms with Crippen LogP contribution in [-0.4, -0.2) is 94.0 Å². The van der Waals surface area contributed by atoms with E-state index in [1.807, 2.05) is 6.92 Å². The maximum atomic E-state index is 6.17. The molecule has 0 atom stereocenters. The molecule has 0 radical (unpaired) electrons. The maximum absolute atomic E-state index is 6.17. The summed E-state index contributed by atoms with van der Waals surface area (Å²) in [4.78, 5) is 9.38. The van der Waals surface area contributed by atoms with Gasteiger partial charge in [0.1, 0.15) is 0 Å². The Morgan fingerprint density at radius 2 is 1.46 bits per heavy atom. The van der Waals surface area contributed by atoms with E-state index in [1.54, 1.807) is 0 Å². The Labute approximate surface area is 203 Å². The number of hydrogen-bond acceptors (Lipinski definition) is 3. The molecule has 0 saturated carbocycles. The molecule has 0 aromatic carbocycles. The van der Waals surface area contributed by atoms with Crippen molar-refractivity contribution in [1.29, 1.82) is 0 Å². The fourth-order valence-corrected chi connectivity index (χ4v) is 8.50. The third-order valence-electron chi connectivity index (χ3n) is 3.37. The van der Waals surface area contributed by atoms with Gasteiger partial charge in [0, 0.05) is 13.2 Å². The average molecular weight is 618 g/mol. The first kappa shape index (κ1) is 36.3. The van der Waals surface area contributed by atoms with Crippen LogP contribution in [0.4, 0.5) is 0 Å². The minimum atomic E-state index is -1.96. The van der Waals surface area contributed by atoms with Gasteiger partial charge < -0.3 is 6.16 Å². The van der Waals surface area contributed by atoms with Crippen LogP contribution < -0.4 is 18.9 Å². The largest absolute Gasteiger partial charge is 1.00 e. The summed E-state index contributed by atoms with van der Waals surface area (Å²) in [6.07, 6.45) is 5.02. The standard InChI is InChI=1S/2C5H11O.C4H8O.4CH3.Al.ClH.Li.2Sn.5H/c2*1-3-5-6-4-2;1-2-4-5-3-1;;;;;;;;;;;;;;/h2*1,3-5H2,2H3;1-4H2;4*1H3;;1H;;;;;;;;/q;;;;;;;;;+1;;+1;;;;;-1/p-1. The summed E-state index contributed by atoms with van der Waals surface area (Å²) < 4.78 is 18.1. The monoisotopic (exact) mass is 620 g/mol. The van der Waals surface area contributed by atoms with Gasteiger partial charge in [0.2, 0.25) is 0 Å². The SMILES string of the molecule is C1CCOC1.CCOCC[CH2][SnH]([CH3])[CH3].CCOCC[CH2][Sn]([CH3])([CH3])[Cl].[AlH3].[H-].[Li+]. The summed E-state index contributed by atoms with van der Waals surface area (Å²) in [5.74, 6) is 0. The summed E-state index contributed by atoms with van der Waals surface area (Å²) >= 11 is -2.82. The maximum Gasteiger partial charge on any atom is 1.00 e. The van der Waals surface area contributed by atoms with Crippen LogP contribution in [0.5, 0.6) is 0 Å². The second kappa shape index (κ2) is 27.9. The Balaban J connectivity index is -0.0000000881. The van der Waals surface area contributed by atoms with Crippen molar-refractivity contribution < 1.29 is 34.5 Å². The molecule has 1 fully saturated rings. The van der Waals surface area contributed by atoms with E-state index >= 15 is 0 Å². The van der Waals surface area contributed by atoms with E-state index < -0.39 is 37.0 Å². The van der Waals surface area contributed by atoms with Gasteiger partial charge in [-0.2, -0.15) is 0 Å². The fraction of sp³-hybridized carbons (Fsp3) is 1.00. The van der Waals surface area contributed by atoms with Gasteiger partial charge in [-0.3, -0.25) is 0 Å². The van der Waals surface area contributed by atoms with Crippen LogP contribution in [0.2, 0.25) is 28.6 Å². The van der Waals surface area contributed by atoms with E-state index in [-0.39, 0.29) is 37.6 Å². The third kappa shape index (κ3) is 41.3. The van der Waals surface area contributed by atoms with Crippen LogP contribution in [0.15, 0.2) is 0 Å². The molecule has 3 nitrogen and oxygen atoms in total. The number of ether oxygens (including phenoxy) is 3. The Bertz CT molecular complexity index is 244. The molecule has 1 aliphatic rings. The van der Waals surface area contributed by atoms with Crippen molar-refractivity contribution >= 4 is 63.3 Å². The van der Waals surface area contributed by atoms with Crippen molar-refractivity contribution in [3.8, 4) is 0 Å². The Morgan fingerprint density at radius 3 is 1.77 bits per heavy atom. The second-order valence-corrected chi connectivity index (χ2v) is 34.8. The zero-order valence-electron chi connectivity index (χ0n) is 19.2. The third-order valence-corrected chi connectivity index (χ3v) is 13.5. The molecule has 0 N–H and O–H groups in total. The van der Waals surface area contributed by atoms with E-state index in [2.05, 4.69) is 26.7 Å². The molecule has 0 aromatic rings. The van der Waals surface area contributed by atoms with E-state index in [0.717, 1.165) is 46.1 Å². The Hall–Kier alpha value is 2.90. The Kier molecular flexibility index (Phi) is 38.9. The zero-order chi connectivity index (χ0) is 18.7. The minimum Gasteiger partial charge on any atom is -1.00 e. The molecule has 8 heteroatoms. The van der Waals surface area contributed by atoms with Gasteiger partial charge in [0.05, 0.1) is 0 Å². The first-order valence-electron chi connectivity index (χ1n) is 9.75. The molecule has 0 unspecified atom stereocenters. The molecule has 156 valence electrons. The van der Waals surface area contributed by atoms with Crippen molar-refractivity contribution in [1.82, 2.24) is 0 Å². The van der Waals surface area contributed by atoms with Gasteiger partial charge >= 0.3 is 156 Å². The van der Waals surface area contributed by atoms with Crippen molar-refractivity contribution in [3.63, 3.8) is 0 Å². The van der Waals surface area contributed by atoms with Gasteiger partial charge in [-0.15, -0.1) is 0 Å². The average Bonchev–Trinajstić information content (AvgIpc) is 3.07. The molecule has 0 aromatic heterocycles. The smallest absolute Gasteiger partial charge is 1.00 e. The minimum absolute atomic E-state index is 0. The number of rotatable bonds is 10. The first-order valence-corrected chi connectivity index (χ1v) is 30.0. The van der Waals surface area contributed by atoms with E-state index in [4.69, 9.17) is 23.1 Å². The predicted octanol–water partition coefficient (Wildman–Crippen LogP) is 1.49. The quantitative estimate of drug-likeness (QED) is 0.275. The predicted molar refractivity (Wildman–Crippen MR) is 125 cm³/mol. The summed E-state index contributed by atoms with van der Waals surface area (Å²) in [5, 5.41) is 0. The van der Waals surface area contributed by atoms with Crippen molar-refractivity contribution in [2.24, 2.45) is 0 Å².